The third-order valence-electron chi connectivity index (χ3n) is 3.40. The summed E-state index contributed by atoms with van der Waals surface area (Å²) >= 11 is 1.64. The summed E-state index contributed by atoms with van der Waals surface area (Å²) in [6.45, 7) is 3.07. The van der Waals surface area contributed by atoms with Gasteiger partial charge in [0.25, 0.3) is 0 Å². The van der Waals surface area contributed by atoms with Gasteiger partial charge in [0.05, 0.1) is 17.0 Å². The molecule has 1 saturated heterocycles. The Kier molecular flexibility index (Phi) is 4.75. The second-order valence-corrected chi connectivity index (χ2v) is 8.10. The van der Waals surface area contributed by atoms with E-state index in [1.54, 1.807) is 11.3 Å². The van der Waals surface area contributed by atoms with Crippen LogP contribution in [0.15, 0.2) is 11.7 Å². The first-order chi connectivity index (χ1) is 8.61. The van der Waals surface area contributed by atoms with Crippen molar-refractivity contribution in [3.05, 3.63) is 16.6 Å². The van der Waals surface area contributed by atoms with Gasteiger partial charge in [-0.15, -0.1) is 11.3 Å². The number of nitrogens with zero attached hydrogens (tertiary/aromatic N) is 1. The summed E-state index contributed by atoms with van der Waals surface area (Å²) in [6.07, 6.45) is 4.64. The average molecular weight is 288 g/mol. The van der Waals surface area contributed by atoms with Gasteiger partial charge in [-0.25, -0.2) is 8.42 Å². The molecule has 2 heterocycles. The molecule has 1 aliphatic rings. The van der Waals surface area contributed by atoms with Gasteiger partial charge in [0, 0.05) is 17.1 Å². The van der Waals surface area contributed by atoms with Crippen molar-refractivity contribution < 1.29 is 8.42 Å². The molecule has 0 spiro atoms. The molecule has 2 atom stereocenters. The second-order valence-electron chi connectivity index (χ2n) is 4.90. The molecule has 0 saturated carbocycles. The molecule has 0 radical (unpaired) electrons. The number of nitrogens with one attached hydrogen (secondary N) is 1. The summed E-state index contributed by atoms with van der Waals surface area (Å²) in [6, 6.07) is 0.266. The normalized spacial score (nSPS) is 24.2. The third kappa shape index (κ3) is 3.76. The number of aromatic nitrogens is 1. The number of thiazole rings is 1. The van der Waals surface area contributed by atoms with E-state index in [1.165, 1.54) is 4.88 Å². The van der Waals surface area contributed by atoms with Crippen LogP contribution in [0, 0.1) is 5.92 Å². The van der Waals surface area contributed by atoms with E-state index in [-0.39, 0.29) is 12.0 Å². The highest BCUT2D eigenvalue weighted by Gasteiger charge is 2.33. The fourth-order valence-corrected chi connectivity index (χ4v) is 4.97. The molecule has 2 rings (SSSR count). The topological polar surface area (TPSA) is 59.1 Å². The molecule has 1 aliphatic heterocycles. The quantitative estimate of drug-likeness (QED) is 0.861. The molecule has 2 unspecified atom stereocenters. The van der Waals surface area contributed by atoms with Crippen molar-refractivity contribution in [3.63, 3.8) is 0 Å². The summed E-state index contributed by atoms with van der Waals surface area (Å²) in [5.41, 5.74) is 1.83. The van der Waals surface area contributed by atoms with Crippen LogP contribution >= 0.6 is 11.3 Å². The maximum atomic E-state index is 11.6. The van der Waals surface area contributed by atoms with Crippen molar-refractivity contribution in [3.8, 4) is 0 Å². The predicted octanol–water partition coefficient (Wildman–Crippen LogP) is 1.49. The summed E-state index contributed by atoms with van der Waals surface area (Å²) in [4.78, 5) is 5.31. The van der Waals surface area contributed by atoms with Crippen molar-refractivity contribution in [1.82, 2.24) is 10.3 Å². The van der Waals surface area contributed by atoms with E-state index in [2.05, 4.69) is 17.2 Å². The molecule has 102 valence electrons. The Labute approximate surface area is 113 Å². The van der Waals surface area contributed by atoms with E-state index in [0.29, 0.717) is 11.5 Å². The molecule has 1 fully saturated rings. The van der Waals surface area contributed by atoms with Crippen LogP contribution in [-0.4, -0.2) is 37.5 Å². The smallest absolute Gasteiger partial charge is 0.150 e. The Bertz CT molecular complexity index is 456. The van der Waals surface area contributed by atoms with Crippen LogP contribution in [0.5, 0.6) is 0 Å². The van der Waals surface area contributed by atoms with E-state index < -0.39 is 9.84 Å². The zero-order chi connectivity index (χ0) is 13.0. The Morgan fingerprint density at radius 1 is 1.61 bits per heavy atom. The molecular formula is C12H20N2O2S2. The molecule has 1 aromatic rings. The number of rotatable bonds is 6. The molecular weight excluding hydrogens is 268 g/mol. The molecule has 0 bridgehead atoms. The highest BCUT2D eigenvalue weighted by Crippen LogP contribution is 2.24. The Hall–Kier alpha value is -0.460. The zero-order valence-corrected chi connectivity index (χ0v) is 12.3. The van der Waals surface area contributed by atoms with Gasteiger partial charge in [-0.3, -0.25) is 4.98 Å². The monoisotopic (exact) mass is 288 g/mol. The minimum absolute atomic E-state index is 0.253. The van der Waals surface area contributed by atoms with Crippen LogP contribution in [0.25, 0.3) is 0 Å². The lowest BCUT2D eigenvalue weighted by Gasteiger charge is -2.23. The Balaban J connectivity index is 2.01. The van der Waals surface area contributed by atoms with Gasteiger partial charge in [-0.2, -0.15) is 0 Å². The van der Waals surface area contributed by atoms with Crippen molar-refractivity contribution in [2.24, 2.45) is 5.92 Å². The zero-order valence-electron chi connectivity index (χ0n) is 10.6. The van der Waals surface area contributed by atoms with Crippen LogP contribution in [0.3, 0.4) is 0 Å². The number of hydrogen-bond donors (Lipinski definition) is 1. The highest BCUT2D eigenvalue weighted by molar-refractivity contribution is 7.91. The van der Waals surface area contributed by atoms with Crippen LogP contribution in [-0.2, 0) is 16.3 Å². The fraction of sp³-hybridized carbons (Fsp3) is 0.750. The third-order valence-corrected chi connectivity index (χ3v) is 5.99. The lowest BCUT2D eigenvalue weighted by molar-refractivity contribution is 0.381. The molecule has 1 aromatic heterocycles. The van der Waals surface area contributed by atoms with Crippen LogP contribution < -0.4 is 5.32 Å². The van der Waals surface area contributed by atoms with Crippen LogP contribution in [0.2, 0.25) is 0 Å². The first-order valence-electron chi connectivity index (χ1n) is 6.42. The van der Waals surface area contributed by atoms with Gasteiger partial charge in [0.1, 0.15) is 0 Å². The van der Waals surface area contributed by atoms with Crippen molar-refractivity contribution >= 4 is 21.2 Å². The minimum atomic E-state index is -2.80. The van der Waals surface area contributed by atoms with Crippen LogP contribution in [0.4, 0.5) is 0 Å². The predicted molar refractivity (Wildman–Crippen MR) is 74.7 cm³/mol. The Morgan fingerprint density at radius 2 is 2.44 bits per heavy atom. The van der Waals surface area contributed by atoms with Crippen molar-refractivity contribution in [2.75, 3.05) is 18.1 Å². The molecule has 4 nitrogen and oxygen atoms in total. The molecule has 6 heteroatoms. The van der Waals surface area contributed by atoms with Gasteiger partial charge < -0.3 is 5.32 Å². The van der Waals surface area contributed by atoms with Crippen LogP contribution in [0.1, 0.15) is 24.6 Å². The second kappa shape index (κ2) is 6.12. The summed E-state index contributed by atoms with van der Waals surface area (Å²) < 4.78 is 23.2. The first kappa shape index (κ1) is 14.0. The fourth-order valence-electron chi connectivity index (χ4n) is 2.44. The van der Waals surface area contributed by atoms with Gasteiger partial charge >= 0.3 is 0 Å². The molecule has 1 N–H and O–H groups in total. The van der Waals surface area contributed by atoms with E-state index in [0.717, 1.165) is 25.8 Å². The van der Waals surface area contributed by atoms with E-state index in [1.807, 2.05) is 11.7 Å². The van der Waals surface area contributed by atoms with Crippen molar-refractivity contribution in [2.45, 2.75) is 32.2 Å². The van der Waals surface area contributed by atoms with E-state index in [4.69, 9.17) is 0 Å². The van der Waals surface area contributed by atoms with Gasteiger partial charge in [-0.05, 0) is 31.7 Å². The maximum Gasteiger partial charge on any atom is 0.150 e. The Morgan fingerprint density at radius 3 is 3.00 bits per heavy atom. The lowest BCUT2D eigenvalue weighted by atomic mass is 9.96. The minimum Gasteiger partial charge on any atom is -0.313 e. The summed E-state index contributed by atoms with van der Waals surface area (Å²) in [5, 5.41) is 3.50. The maximum absolute atomic E-state index is 11.6. The standard InChI is InChI=1S/C12H20N2O2S2/c1-2-4-14-12(6-11-7-13-9-17-11)10-3-5-18(15,16)8-10/h7,9-10,12,14H,2-6,8H2,1H3. The largest absolute Gasteiger partial charge is 0.313 e. The first-order valence-corrected chi connectivity index (χ1v) is 9.12. The number of sulfone groups is 1. The molecule has 0 aromatic carbocycles. The number of hydrogen-bond acceptors (Lipinski definition) is 5. The van der Waals surface area contributed by atoms with E-state index >= 15 is 0 Å². The van der Waals surface area contributed by atoms with E-state index in [9.17, 15) is 8.42 Å². The summed E-state index contributed by atoms with van der Waals surface area (Å²) in [5.74, 6) is 0.946. The molecule has 0 amide bonds. The summed E-state index contributed by atoms with van der Waals surface area (Å²) in [7, 11) is -2.80. The van der Waals surface area contributed by atoms with Gasteiger partial charge in [0.15, 0.2) is 9.84 Å². The molecule has 18 heavy (non-hydrogen) atoms. The average Bonchev–Trinajstić information content (AvgIpc) is 2.93. The lowest BCUT2D eigenvalue weighted by Crippen LogP contribution is -2.39. The SMILES string of the molecule is CCCNC(Cc1cncs1)C1CCS(=O)(=O)C1. The van der Waals surface area contributed by atoms with Gasteiger partial charge in [-0.1, -0.05) is 6.92 Å². The van der Waals surface area contributed by atoms with Gasteiger partial charge in [0.2, 0.25) is 0 Å². The van der Waals surface area contributed by atoms with Crippen molar-refractivity contribution in [1.29, 1.82) is 0 Å². The molecule has 0 aliphatic carbocycles. The highest BCUT2D eigenvalue weighted by atomic mass is 32.2.